The zero-order chi connectivity index (χ0) is 14.7. The number of benzene rings is 1. The van der Waals surface area contributed by atoms with Gasteiger partial charge in [-0.15, -0.1) is 0 Å². The maximum Gasteiger partial charge on any atom is 0.127 e. The van der Waals surface area contributed by atoms with Gasteiger partial charge in [0.1, 0.15) is 5.75 Å². The lowest BCUT2D eigenvalue weighted by Gasteiger charge is -2.36. The Morgan fingerprint density at radius 1 is 1.25 bits per heavy atom. The third kappa shape index (κ3) is 3.14. The summed E-state index contributed by atoms with van der Waals surface area (Å²) in [5.74, 6) is 0.810. The van der Waals surface area contributed by atoms with E-state index in [1.165, 1.54) is 0 Å². The van der Waals surface area contributed by atoms with Crippen LogP contribution < -0.4 is 10.1 Å². The van der Waals surface area contributed by atoms with Gasteiger partial charge in [0.05, 0.1) is 13.2 Å². The van der Waals surface area contributed by atoms with Gasteiger partial charge < -0.3 is 15.2 Å². The molecule has 0 bridgehead atoms. The highest BCUT2D eigenvalue weighted by molar-refractivity contribution is 5.45. The number of aryl methyl sites for hydroxylation is 2. The van der Waals surface area contributed by atoms with E-state index >= 15 is 0 Å². The summed E-state index contributed by atoms with van der Waals surface area (Å²) in [6, 6.07) is 4.21. The van der Waals surface area contributed by atoms with Crippen LogP contribution in [0, 0.1) is 13.8 Å². The van der Waals surface area contributed by atoms with Gasteiger partial charge in [0.25, 0.3) is 0 Å². The Hall–Kier alpha value is -1.10. The summed E-state index contributed by atoms with van der Waals surface area (Å²) in [5, 5.41) is 14.1. The van der Waals surface area contributed by atoms with E-state index in [1.54, 1.807) is 7.11 Å². The fourth-order valence-electron chi connectivity index (χ4n) is 3.03. The average Bonchev–Trinajstić information content (AvgIpc) is 2.46. The summed E-state index contributed by atoms with van der Waals surface area (Å²) in [6.07, 6.45) is -0.526. The summed E-state index contributed by atoms with van der Waals surface area (Å²) in [6.45, 7) is 10.1. The van der Waals surface area contributed by atoms with Gasteiger partial charge in [0.15, 0.2) is 0 Å². The largest absolute Gasteiger partial charge is 0.496 e. The number of hydrogen-bond acceptors (Lipinski definition) is 4. The van der Waals surface area contributed by atoms with E-state index in [0.717, 1.165) is 48.6 Å². The SMILES string of the molecule is COc1c(C)cc(C)cc1C(O)C(C)N1CCNCC1. The third-order valence-electron chi connectivity index (χ3n) is 4.15. The highest BCUT2D eigenvalue weighted by Gasteiger charge is 2.27. The van der Waals surface area contributed by atoms with Crippen molar-refractivity contribution in [3.8, 4) is 5.75 Å². The maximum atomic E-state index is 10.8. The second-order valence-corrected chi connectivity index (χ2v) is 5.68. The van der Waals surface area contributed by atoms with Gasteiger partial charge in [-0.25, -0.2) is 0 Å². The minimum Gasteiger partial charge on any atom is -0.496 e. The number of hydrogen-bond donors (Lipinski definition) is 2. The van der Waals surface area contributed by atoms with Crippen LogP contribution in [-0.2, 0) is 0 Å². The normalized spacial score (nSPS) is 19.6. The van der Waals surface area contributed by atoms with Crippen LogP contribution in [0.3, 0.4) is 0 Å². The van der Waals surface area contributed by atoms with Crippen molar-refractivity contribution in [1.82, 2.24) is 10.2 Å². The molecule has 0 saturated carbocycles. The molecule has 1 aliphatic rings. The predicted octanol–water partition coefficient (Wildman–Crippen LogP) is 1.64. The monoisotopic (exact) mass is 278 g/mol. The van der Waals surface area contributed by atoms with Crippen molar-refractivity contribution in [3.63, 3.8) is 0 Å². The predicted molar refractivity (Wildman–Crippen MR) is 81.3 cm³/mol. The molecule has 20 heavy (non-hydrogen) atoms. The molecule has 2 rings (SSSR count). The first-order valence-electron chi connectivity index (χ1n) is 7.32. The first-order valence-corrected chi connectivity index (χ1v) is 7.32. The number of methoxy groups -OCH3 is 1. The Kier molecular flexibility index (Phi) is 5.02. The van der Waals surface area contributed by atoms with Crippen LogP contribution in [0.2, 0.25) is 0 Å². The van der Waals surface area contributed by atoms with E-state index in [2.05, 4.69) is 30.1 Å². The third-order valence-corrected chi connectivity index (χ3v) is 4.15. The molecule has 112 valence electrons. The van der Waals surface area contributed by atoms with Gasteiger partial charge in [-0.05, 0) is 32.4 Å². The molecule has 2 atom stereocenters. The lowest BCUT2D eigenvalue weighted by Crippen LogP contribution is -2.49. The van der Waals surface area contributed by atoms with Crippen molar-refractivity contribution in [2.45, 2.75) is 32.9 Å². The molecule has 0 aliphatic carbocycles. The van der Waals surface area contributed by atoms with E-state index in [0.29, 0.717) is 0 Å². The number of ether oxygens (including phenoxy) is 1. The summed E-state index contributed by atoms with van der Waals surface area (Å²) >= 11 is 0. The molecule has 1 saturated heterocycles. The molecule has 1 heterocycles. The van der Waals surface area contributed by atoms with Crippen molar-refractivity contribution in [3.05, 3.63) is 28.8 Å². The van der Waals surface area contributed by atoms with Gasteiger partial charge in [-0.1, -0.05) is 11.6 Å². The Balaban J connectivity index is 2.25. The molecule has 1 fully saturated rings. The molecule has 0 aromatic heterocycles. The molecule has 1 aromatic carbocycles. The Morgan fingerprint density at radius 3 is 2.50 bits per heavy atom. The number of nitrogens with zero attached hydrogens (tertiary/aromatic N) is 1. The van der Waals surface area contributed by atoms with E-state index in [1.807, 2.05) is 13.0 Å². The molecular formula is C16H26N2O2. The Bertz CT molecular complexity index is 456. The van der Waals surface area contributed by atoms with Crippen LogP contribution in [0.5, 0.6) is 5.75 Å². The summed E-state index contributed by atoms with van der Waals surface area (Å²) in [4.78, 5) is 2.33. The molecule has 0 radical (unpaired) electrons. The molecule has 2 N–H and O–H groups in total. The standard InChI is InChI=1S/C16H26N2O2/c1-11-9-12(2)16(20-4)14(10-11)15(19)13(3)18-7-5-17-6-8-18/h9-10,13,15,17,19H,5-8H2,1-4H3. The number of aliphatic hydroxyl groups excluding tert-OH is 1. The summed E-state index contributed by atoms with van der Waals surface area (Å²) in [5.41, 5.74) is 3.13. The summed E-state index contributed by atoms with van der Waals surface area (Å²) in [7, 11) is 1.67. The van der Waals surface area contributed by atoms with Gasteiger partial charge in [0, 0.05) is 37.8 Å². The second-order valence-electron chi connectivity index (χ2n) is 5.68. The van der Waals surface area contributed by atoms with Crippen molar-refractivity contribution < 1.29 is 9.84 Å². The number of piperazine rings is 1. The van der Waals surface area contributed by atoms with Gasteiger partial charge in [-0.3, -0.25) is 4.90 Å². The van der Waals surface area contributed by atoms with Crippen molar-refractivity contribution in [2.75, 3.05) is 33.3 Å². The molecule has 0 spiro atoms. The van der Waals surface area contributed by atoms with Gasteiger partial charge >= 0.3 is 0 Å². The Labute approximate surface area is 121 Å². The number of rotatable bonds is 4. The van der Waals surface area contributed by atoms with E-state index in [-0.39, 0.29) is 6.04 Å². The molecule has 1 aromatic rings. The van der Waals surface area contributed by atoms with Gasteiger partial charge in [0.2, 0.25) is 0 Å². The first-order chi connectivity index (χ1) is 9.54. The van der Waals surface area contributed by atoms with Gasteiger partial charge in [-0.2, -0.15) is 0 Å². The zero-order valence-corrected chi connectivity index (χ0v) is 12.9. The minimum atomic E-state index is -0.526. The molecule has 0 amide bonds. The lowest BCUT2D eigenvalue weighted by molar-refractivity contribution is 0.0494. The van der Waals surface area contributed by atoms with Crippen LogP contribution >= 0.6 is 0 Å². The number of nitrogens with one attached hydrogen (secondary N) is 1. The van der Waals surface area contributed by atoms with E-state index < -0.39 is 6.10 Å². The molecule has 1 aliphatic heterocycles. The van der Waals surface area contributed by atoms with E-state index in [9.17, 15) is 5.11 Å². The molecule has 4 nitrogen and oxygen atoms in total. The molecule has 4 heteroatoms. The molecular weight excluding hydrogens is 252 g/mol. The average molecular weight is 278 g/mol. The minimum absolute atomic E-state index is 0.0900. The summed E-state index contributed by atoms with van der Waals surface area (Å²) < 4.78 is 5.50. The smallest absolute Gasteiger partial charge is 0.127 e. The quantitative estimate of drug-likeness (QED) is 0.879. The van der Waals surface area contributed by atoms with Crippen LogP contribution in [0.25, 0.3) is 0 Å². The highest BCUT2D eigenvalue weighted by atomic mass is 16.5. The van der Waals surface area contributed by atoms with Crippen LogP contribution in [0.1, 0.15) is 29.7 Å². The fourth-order valence-corrected chi connectivity index (χ4v) is 3.03. The number of aliphatic hydroxyl groups is 1. The van der Waals surface area contributed by atoms with Crippen LogP contribution in [0.15, 0.2) is 12.1 Å². The van der Waals surface area contributed by atoms with Crippen molar-refractivity contribution in [1.29, 1.82) is 0 Å². The topological polar surface area (TPSA) is 44.7 Å². The van der Waals surface area contributed by atoms with Crippen LogP contribution in [-0.4, -0.2) is 49.3 Å². The molecule has 2 unspecified atom stereocenters. The second kappa shape index (κ2) is 6.57. The maximum absolute atomic E-state index is 10.8. The first kappa shape index (κ1) is 15.3. The fraction of sp³-hybridized carbons (Fsp3) is 0.625. The van der Waals surface area contributed by atoms with E-state index in [4.69, 9.17) is 4.74 Å². The lowest BCUT2D eigenvalue weighted by atomic mass is 9.96. The Morgan fingerprint density at radius 2 is 1.90 bits per heavy atom. The zero-order valence-electron chi connectivity index (χ0n) is 12.9. The van der Waals surface area contributed by atoms with Crippen LogP contribution in [0.4, 0.5) is 0 Å². The van der Waals surface area contributed by atoms with Crippen molar-refractivity contribution >= 4 is 0 Å². The van der Waals surface area contributed by atoms with Crippen molar-refractivity contribution in [2.24, 2.45) is 0 Å². The highest BCUT2D eigenvalue weighted by Crippen LogP contribution is 2.33.